The Balaban J connectivity index is 1.78. The lowest BCUT2D eigenvalue weighted by molar-refractivity contribution is 0.378. The van der Waals surface area contributed by atoms with Gasteiger partial charge < -0.3 is 5.32 Å². The Kier molecular flexibility index (Phi) is 3.09. The lowest BCUT2D eigenvalue weighted by atomic mass is 10.1. The minimum absolute atomic E-state index is 0.0723. The Morgan fingerprint density at radius 2 is 2.11 bits per heavy atom. The van der Waals surface area contributed by atoms with E-state index >= 15 is 0 Å². The molecule has 1 aromatic carbocycles. The molecule has 4 nitrogen and oxygen atoms in total. The molecule has 0 atom stereocenters. The van der Waals surface area contributed by atoms with E-state index < -0.39 is 9.84 Å². The average molecular weight is 282 g/mol. The van der Waals surface area contributed by atoms with E-state index in [1.165, 1.54) is 11.3 Å². The molecule has 0 amide bonds. The van der Waals surface area contributed by atoms with Gasteiger partial charge in [-0.25, -0.2) is 13.4 Å². The van der Waals surface area contributed by atoms with Crippen LogP contribution in [-0.4, -0.2) is 32.2 Å². The minimum atomic E-state index is -3.03. The van der Waals surface area contributed by atoms with Crippen molar-refractivity contribution >= 4 is 31.4 Å². The number of hydrogen-bond donors (Lipinski definition) is 1. The normalized spacial score (nSPS) is 16.9. The van der Waals surface area contributed by atoms with E-state index in [0.717, 1.165) is 23.3 Å². The van der Waals surface area contributed by atoms with E-state index in [1.54, 1.807) is 0 Å². The topological polar surface area (TPSA) is 59.1 Å². The number of hydrogen-bond acceptors (Lipinski definition) is 5. The van der Waals surface area contributed by atoms with Crippen molar-refractivity contribution in [1.29, 1.82) is 0 Å². The van der Waals surface area contributed by atoms with Gasteiger partial charge in [-0.3, -0.25) is 0 Å². The largest absolute Gasteiger partial charge is 0.316 e. The fourth-order valence-electron chi connectivity index (χ4n) is 2.05. The first-order valence-corrected chi connectivity index (χ1v) is 8.52. The molecule has 0 spiro atoms. The summed E-state index contributed by atoms with van der Waals surface area (Å²) < 4.78 is 25.1. The predicted octanol–water partition coefficient (Wildman–Crippen LogP) is 1.43. The van der Waals surface area contributed by atoms with Gasteiger partial charge in [-0.05, 0) is 18.1 Å². The number of nitrogens with one attached hydrogen (secondary N) is 1. The van der Waals surface area contributed by atoms with Crippen molar-refractivity contribution in [2.75, 3.05) is 18.8 Å². The van der Waals surface area contributed by atoms with Crippen molar-refractivity contribution in [1.82, 2.24) is 10.3 Å². The van der Waals surface area contributed by atoms with Crippen molar-refractivity contribution in [3.8, 4) is 0 Å². The van der Waals surface area contributed by atoms with E-state index in [1.807, 2.05) is 24.3 Å². The number of para-hydroxylation sites is 1. The molecule has 1 aliphatic heterocycles. The second-order valence-electron chi connectivity index (χ2n) is 4.65. The summed E-state index contributed by atoms with van der Waals surface area (Å²) in [4.78, 5) is 4.37. The van der Waals surface area contributed by atoms with Gasteiger partial charge in [0.15, 0.2) is 9.84 Å². The Morgan fingerprint density at radius 1 is 1.33 bits per heavy atom. The Hall–Kier alpha value is -0.980. The third-order valence-corrected chi connectivity index (χ3v) is 5.95. The van der Waals surface area contributed by atoms with Crippen molar-refractivity contribution in [2.45, 2.75) is 5.75 Å². The maximum atomic E-state index is 12.0. The standard InChI is InChI=1S/C12H14N2O2S2/c15-18(16,7-9-5-13-6-9)8-12-14-10-3-1-2-4-11(10)17-12/h1-4,9,13H,5-8H2. The highest BCUT2D eigenvalue weighted by atomic mass is 32.2. The van der Waals surface area contributed by atoms with Crippen molar-refractivity contribution in [2.24, 2.45) is 5.92 Å². The maximum Gasteiger partial charge on any atom is 0.157 e. The summed E-state index contributed by atoms with van der Waals surface area (Å²) >= 11 is 1.47. The van der Waals surface area contributed by atoms with Gasteiger partial charge in [0, 0.05) is 13.1 Å². The zero-order valence-corrected chi connectivity index (χ0v) is 11.4. The predicted molar refractivity (Wildman–Crippen MR) is 73.5 cm³/mol. The number of thiazole rings is 1. The van der Waals surface area contributed by atoms with E-state index in [4.69, 9.17) is 0 Å². The van der Waals surface area contributed by atoms with Gasteiger partial charge in [0.25, 0.3) is 0 Å². The molecular formula is C12H14N2O2S2. The molecule has 96 valence electrons. The zero-order chi connectivity index (χ0) is 12.6. The fraction of sp³-hybridized carbons (Fsp3) is 0.417. The van der Waals surface area contributed by atoms with Gasteiger partial charge in [0.05, 0.1) is 16.0 Å². The molecule has 0 saturated carbocycles. The molecular weight excluding hydrogens is 268 g/mol. The Bertz CT molecular complexity index is 627. The van der Waals surface area contributed by atoms with Gasteiger partial charge in [-0.2, -0.15) is 0 Å². The molecule has 0 radical (unpaired) electrons. The zero-order valence-electron chi connectivity index (χ0n) is 9.80. The summed E-state index contributed by atoms with van der Waals surface area (Å²) in [6.45, 7) is 1.64. The smallest absolute Gasteiger partial charge is 0.157 e. The summed E-state index contributed by atoms with van der Waals surface area (Å²) in [5.74, 6) is 0.628. The molecule has 3 rings (SSSR count). The van der Waals surface area contributed by atoms with E-state index in [2.05, 4.69) is 10.3 Å². The SMILES string of the molecule is O=S(=O)(Cc1nc2ccccc2s1)CC1CNC1. The molecule has 18 heavy (non-hydrogen) atoms. The highest BCUT2D eigenvalue weighted by molar-refractivity contribution is 7.90. The molecule has 0 aliphatic carbocycles. The monoisotopic (exact) mass is 282 g/mol. The van der Waals surface area contributed by atoms with E-state index in [0.29, 0.717) is 5.01 Å². The van der Waals surface area contributed by atoms with Crippen LogP contribution in [0.25, 0.3) is 10.2 Å². The number of nitrogens with zero attached hydrogens (tertiary/aromatic N) is 1. The number of fused-ring (bicyclic) bond motifs is 1. The first-order chi connectivity index (χ1) is 8.62. The van der Waals surface area contributed by atoms with Crippen LogP contribution < -0.4 is 5.32 Å². The Labute approximate surface area is 110 Å². The van der Waals surface area contributed by atoms with E-state index in [9.17, 15) is 8.42 Å². The quantitative estimate of drug-likeness (QED) is 0.921. The first-order valence-electron chi connectivity index (χ1n) is 5.88. The third-order valence-electron chi connectivity index (χ3n) is 3.04. The number of sulfone groups is 1. The van der Waals surface area contributed by atoms with Crippen LogP contribution in [0.1, 0.15) is 5.01 Å². The Morgan fingerprint density at radius 3 is 2.78 bits per heavy atom. The number of benzene rings is 1. The van der Waals surface area contributed by atoms with Crippen LogP contribution in [0.3, 0.4) is 0 Å². The van der Waals surface area contributed by atoms with Gasteiger partial charge >= 0.3 is 0 Å². The van der Waals surface area contributed by atoms with Crippen LogP contribution in [0.2, 0.25) is 0 Å². The van der Waals surface area contributed by atoms with Crippen LogP contribution >= 0.6 is 11.3 Å². The maximum absolute atomic E-state index is 12.0. The summed E-state index contributed by atoms with van der Waals surface area (Å²) in [5.41, 5.74) is 0.887. The molecule has 0 bridgehead atoms. The summed E-state index contributed by atoms with van der Waals surface area (Å²) in [7, 11) is -3.03. The van der Waals surface area contributed by atoms with Gasteiger partial charge in [0.1, 0.15) is 10.8 Å². The summed E-state index contributed by atoms with van der Waals surface area (Å²) in [5, 5.41) is 3.79. The molecule has 1 fully saturated rings. The van der Waals surface area contributed by atoms with Crippen molar-refractivity contribution in [3.63, 3.8) is 0 Å². The fourth-order valence-corrected chi connectivity index (χ4v) is 5.10. The first kappa shape index (κ1) is 12.1. The highest BCUT2D eigenvalue weighted by Gasteiger charge is 2.25. The second-order valence-corrected chi connectivity index (χ2v) is 7.88. The molecule has 6 heteroatoms. The van der Waals surface area contributed by atoms with Crippen LogP contribution in [0.4, 0.5) is 0 Å². The number of rotatable bonds is 4. The van der Waals surface area contributed by atoms with Gasteiger partial charge in [-0.1, -0.05) is 12.1 Å². The summed E-state index contributed by atoms with van der Waals surface area (Å²) in [6.07, 6.45) is 0. The van der Waals surface area contributed by atoms with E-state index in [-0.39, 0.29) is 17.4 Å². The molecule has 1 N–H and O–H groups in total. The average Bonchev–Trinajstić information content (AvgIpc) is 2.64. The molecule has 1 aromatic heterocycles. The molecule has 0 unspecified atom stereocenters. The molecule has 2 aromatic rings. The highest BCUT2D eigenvalue weighted by Crippen LogP contribution is 2.23. The van der Waals surface area contributed by atoms with Gasteiger partial charge in [0.2, 0.25) is 0 Å². The van der Waals surface area contributed by atoms with Crippen LogP contribution in [0, 0.1) is 5.92 Å². The molecule has 1 aliphatic rings. The lowest BCUT2D eigenvalue weighted by Gasteiger charge is -2.26. The van der Waals surface area contributed by atoms with Crippen LogP contribution in [0.5, 0.6) is 0 Å². The summed E-state index contributed by atoms with van der Waals surface area (Å²) in [6, 6.07) is 7.75. The van der Waals surface area contributed by atoms with Crippen LogP contribution in [0.15, 0.2) is 24.3 Å². The minimum Gasteiger partial charge on any atom is -0.316 e. The number of aromatic nitrogens is 1. The lowest BCUT2D eigenvalue weighted by Crippen LogP contribution is -2.45. The molecule has 2 heterocycles. The van der Waals surface area contributed by atoms with Gasteiger partial charge in [-0.15, -0.1) is 11.3 Å². The van der Waals surface area contributed by atoms with Crippen LogP contribution in [-0.2, 0) is 15.6 Å². The third kappa shape index (κ3) is 2.55. The molecule has 1 saturated heterocycles. The van der Waals surface area contributed by atoms with Crippen molar-refractivity contribution in [3.05, 3.63) is 29.3 Å². The van der Waals surface area contributed by atoms with Crippen molar-refractivity contribution < 1.29 is 8.42 Å². The second kappa shape index (κ2) is 4.60.